The molecule has 6 nitrogen and oxygen atoms in total. The molecule has 0 radical (unpaired) electrons. The van der Waals surface area contributed by atoms with Crippen LogP contribution in [0.3, 0.4) is 0 Å². The molecular weight excluding hydrogens is 236 g/mol. The first-order chi connectivity index (χ1) is 8.68. The summed E-state index contributed by atoms with van der Waals surface area (Å²) in [4.78, 5) is 11.0. The van der Waals surface area contributed by atoms with Crippen LogP contribution in [-0.2, 0) is 23.1 Å². The molecule has 1 aliphatic rings. The van der Waals surface area contributed by atoms with Crippen molar-refractivity contribution in [2.24, 2.45) is 7.05 Å². The normalized spacial score (nSPS) is 19.9. The molecule has 1 aliphatic heterocycles. The van der Waals surface area contributed by atoms with Crippen molar-refractivity contribution >= 4 is 5.97 Å². The third kappa shape index (κ3) is 3.08. The van der Waals surface area contributed by atoms with Crippen LogP contribution in [0.25, 0.3) is 0 Å². The summed E-state index contributed by atoms with van der Waals surface area (Å²) in [5.41, 5.74) is 0.778. The van der Waals surface area contributed by atoms with E-state index in [9.17, 15) is 4.79 Å². The molecule has 0 saturated carbocycles. The van der Waals surface area contributed by atoms with Gasteiger partial charge in [0.05, 0.1) is 31.2 Å². The number of nitrogens with zero attached hydrogens (tertiary/aromatic N) is 2. The quantitative estimate of drug-likeness (QED) is 0.854. The molecule has 6 heteroatoms. The first-order valence-corrected chi connectivity index (χ1v) is 6.12. The lowest BCUT2D eigenvalue weighted by molar-refractivity contribution is -0.0457. The summed E-state index contributed by atoms with van der Waals surface area (Å²) in [7, 11) is 1.71. The molecule has 0 aliphatic carbocycles. The Balaban J connectivity index is 1.85. The summed E-state index contributed by atoms with van der Waals surface area (Å²) in [5.74, 6) is -0.976. The fourth-order valence-electron chi connectivity index (χ4n) is 2.04. The highest BCUT2D eigenvalue weighted by atomic mass is 16.5. The maximum absolute atomic E-state index is 11.0. The Hall–Kier alpha value is -1.40. The number of carboxylic acids is 1. The van der Waals surface area contributed by atoms with Crippen molar-refractivity contribution in [1.29, 1.82) is 0 Å². The fraction of sp³-hybridized carbons (Fsp3) is 0.667. The van der Waals surface area contributed by atoms with E-state index in [1.807, 2.05) is 0 Å². The Kier molecular flexibility index (Phi) is 4.33. The smallest absolute Gasteiger partial charge is 0.339 e. The topological polar surface area (TPSA) is 73.6 Å². The lowest BCUT2D eigenvalue weighted by Crippen LogP contribution is -2.24. The highest BCUT2D eigenvalue weighted by Gasteiger charge is 2.17. The highest BCUT2D eigenvalue weighted by molar-refractivity contribution is 5.88. The van der Waals surface area contributed by atoms with Crippen LogP contribution in [0.4, 0.5) is 0 Å². The fourth-order valence-corrected chi connectivity index (χ4v) is 2.04. The van der Waals surface area contributed by atoms with Crippen LogP contribution < -0.4 is 0 Å². The molecule has 1 N–H and O–H groups in total. The predicted octanol–water partition coefficient (Wildman–Crippen LogP) is 1.20. The summed E-state index contributed by atoms with van der Waals surface area (Å²) in [5, 5.41) is 12.9. The van der Waals surface area contributed by atoms with Crippen LogP contribution in [0.5, 0.6) is 0 Å². The summed E-state index contributed by atoms with van der Waals surface area (Å²) >= 11 is 0. The maximum Gasteiger partial charge on any atom is 0.339 e. The molecule has 0 bridgehead atoms. The number of hydrogen-bond acceptors (Lipinski definition) is 4. The van der Waals surface area contributed by atoms with E-state index in [1.165, 1.54) is 17.3 Å². The van der Waals surface area contributed by atoms with Crippen LogP contribution in [0.2, 0.25) is 0 Å². The third-order valence-corrected chi connectivity index (χ3v) is 3.11. The van der Waals surface area contributed by atoms with Gasteiger partial charge in [0.1, 0.15) is 5.56 Å². The average molecular weight is 254 g/mol. The zero-order valence-corrected chi connectivity index (χ0v) is 10.5. The molecule has 0 amide bonds. The molecule has 1 unspecified atom stereocenters. The van der Waals surface area contributed by atoms with Gasteiger partial charge >= 0.3 is 5.97 Å². The number of carbonyl (C=O) groups is 1. The minimum Gasteiger partial charge on any atom is -0.478 e. The maximum atomic E-state index is 11.0. The van der Waals surface area contributed by atoms with Crippen LogP contribution in [0, 0.1) is 0 Å². The van der Waals surface area contributed by atoms with Gasteiger partial charge in [-0.05, 0) is 19.3 Å². The first-order valence-electron chi connectivity index (χ1n) is 6.12. The Morgan fingerprint density at radius 3 is 3.17 bits per heavy atom. The summed E-state index contributed by atoms with van der Waals surface area (Å²) < 4.78 is 12.6. The van der Waals surface area contributed by atoms with E-state index in [0.717, 1.165) is 19.4 Å². The summed E-state index contributed by atoms with van der Waals surface area (Å²) in [6.07, 6.45) is 4.77. The molecule has 1 atom stereocenters. The minimum absolute atomic E-state index is 0.139. The van der Waals surface area contributed by atoms with Gasteiger partial charge in [0.25, 0.3) is 0 Å². The Morgan fingerprint density at radius 1 is 1.67 bits per heavy atom. The number of rotatable bonds is 5. The van der Waals surface area contributed by atoms with Crippen molar-refractivity contribution < 1.29 is 19.4 Å². The molecule has 1 aromatic rings. The van der Waals surface area contributed by atoms with Gasteiger partial charge in [-0.25, -0.2) is 4.79 Å². The lowest BCUT2D eigenvalue weighted by atomic mass is 10.1. The zero-order valence-electron chi connectivity index (χ0n) is 10.5. The second kappa shape index (κ2) is 5.97. The van der Waals surface area contributed by atoms with Crippen LogP contribution in [0.15, 0.2) is 6.20 Å². The van der Waals surface area contributed by atoms with Gasteiger partial charge in [-0.15, -0.1) is 0 Å². The Labute approximate surface area is 106 Å². The van der Waals surface area contributed by atoms with Gasteiger partial charge in [0, 0.05) is 13.7 Å². The van der Waals surface area contributed by atoms with E-state index < -0.39 is 5.97 Å². The number of aryl methyl sites for hydroxylation is 1. The van der Waals surface area contributed by atoms with Crippen molar-refractivity contribution in [2.75, 3.05) is 13.2 Å². The molecule has 1 saturated heterocycles. The Morgan fingerprint density at radius 2 is 2.50 bits per heavy atom. The largest absolute Gasteiger partial charge is 0.478 e. The van der Waals surface area contributed by atoms with Crippen molar-refractivity contribution in [3.05, 3.63) is 17.5 Å². The summed E-state index contributed by atoms with van der Waals surface area (Å²) in [6.45, 7) is 1.54. The molecule has 100 valence electrons. The second-order valence-electron chi connectivity index (χ2n) is 4.44. The third-order valence-electron chi connectivity index (χ3n) is 3.11. The number of ether oxygens (including phenoxy) is 2. The van der Waals surface area contributed by atoms with Gasteiger partial charge < -0.3 is 14.6 Å². The number of aromatic nitrogens is 2. The van der Waals surface area contributed by atoms with Crippen molar-refractivity contribution in [2.45, 2.75) is 32.0 Å². The van der Waals surface area contributed by atoms with Gasteiger partial charge in [-0.1, -0.05) is 0 Å². The zero-order chi connectivity index (χ0) is 13.0. The van der Waals surface area contributed by atoms with Crippen LogP contribution >= 0.6 is 0 Å². The number of aromatic carboxylic acids is 1. The van der Waals surface area contributed by atoms with E-state index in [4.69, 9.17) is 14.6 Å². The van der Waals surface area contributed by atoms with E-state index >= 15 is 0 Å². The average Bonchev–Trinajstić information content (AvgIpc) is 2.73. The molecule has 2 rings (SSSR count). The molecule has 0 aromatic carbocycles. The number of hydrogen-bond donors (Lipinski definition) is 1. The van der Waals surface area contributed by atoms with Gasteiger partial charge in [0.2, 0.25) is 0 Å². The van der Waals surface area contributed by atoms with E-state index in [2.05, 4.69) is 5.10 Å². The Bertz CT molecular complexity index is 410. The molecule has 0 spiro atoms. The van der Waals surface area contributed by atoms with E-state index in [0.29, 0.717) is 12.3 Å². The van der Waals surface area contributed by atoms with Crippen molar-refractivity contribution in [3.63, 3.8) is 0 Å². The lowest BCUT2D eigenvalue weighted by Gasteiger charge is -2.22. The monoisotopic (exact) mass is 254 g/mol. The molecule has 18 heavy (non-hydrogen) atoms. The van der Waals surface area contributed by atoms with E-state index in [-0.39, 0.29) is 18.3 Å². The molecular formula is C12H18N2O4. The highest BCUT2D eigenvalue weighted by Crippen LogP contribution is 2.14. The number of carboxylic acid groups (broad SMARTS) is 1. The predicted molar refractivity (Wildman–Crippen MR) is 63.4 cm³/mol. The van der Waals surface area contributed by atoms with Gasteiger partial charge in [-0.3, -0.25) is 4.68 Å². The summed E-state index contributed by atoms with van der Waals surface area (Å²) in [6, 6.07) is 0. The van der Waals surface area contributed by atoms with Crippen LogP contribution in [0.1, 0.15) is 35.3 Å². The van der Waals surface area contributed by atoms with Crippen molar-refractivity contribution in [3.8, 4) is 0 Å². The second-order valence-corrected chi connectivity index (χ2v) is 4.44. The molecule has 1 aromatic heterocycles. The van der Waals surface area contributed by atoms with Crippen molar-refractivity contribution in [1.82, 2.24) is 9.78 Å². The van der Waals surface area contributed by atoms with Crippen LogP contribution in [-0.4, -0.2) is 40.2 Å². The first kappa shape index (κ1) is 13.0. The van der Waals surface area contributed by atoms with Gasteiger partial charge in [-0.2, -0.15) is 5.10 Å². The van der Waals surface area contributed by atoms with Gasteiger partial charge in [0.15, 0.2) is 0 Å². The molecule has 1 fully saturated rings. The SMILES string of the molecule is Cn1ncc(C(=O)O)c1COCC1CCCCO1. The minimum atomic E-state index is -0.976. The molecule has 2 heterocycles. The van der Waals surface area contributed by atoms with E-state index in [1.54, 1.807) is 7.05 Å². The standard InChI is InChI=1S/C12H18N2O4/c1-14-11(10(6-13-14)12(15)16)8-17-7-9-4-2-3-5-18-9/h6,9H,2-5,7-8H2,1H3,(H,15,16).